The number of hydrogen-bond donors (Lipinski definition) is 1. The summed E-state index contributed by atoms with van der Waals surface area (Å²) in [5.41, 5.74) is 1.36. The fourth-order valence-electron chi connectivity index (χ4n) is 2.14. The van der Waals surface area contributed by atoms with Crippen LogP contribution in [0.2, 0.25) is 0 Å². The Morgan fingerprint density at radius 1 is 1.14 bits per heavy atom. The minimum Gasteiger partial charge on any atom is -0.497 e. The van der Waals surface area contributed by atoms with Crippen molar-refractivity contribution in [3.63, 3.8) is 0 Å². The maximum Gasteiger partial charge on any atom is 0.251 e. The van der Waals surface area contributed by atoms with E-state index in [1.165, 1.54) is 0 Å². The molecule has 0 fully saturated rings. The number of carbonyl (C=O) groups is 1. The van der Waals surface area contributed by atoms with Crippen LogP contribution in [-0.2, 0) is 0 Å². The van der Waals surface area contributed by atoms with E-state index in [1.54, 1.807) is 38.5 Å². The average Bonchev–Trinajstić information content (AvgIpc) is 2.59. The van der Waals surface area contributed by atoms with Crippen molar-refractivity contribution in [3.05, 3.63) is 59.7 Å². The highest BCUT2D eigenvalue weighted by Crippen LogP contribution is 2.30. The number of carbonyl (C=O) groups excluding carboxylic acids is 1. The van der Waals surface area contributed by atoms with Crippen molar-refractivity contribution in [1.29, 1.82) is 0 Å². The predicted octanol–water partition coefficient (Wildman–Crippen LogP) is 3.41. The van der Waals surface area contributed by atoms with Gasteiger partial charge in [0, 0.05) is 17.0 Å². The van der Waals surface area contributed by atoms with E-state index >= 15 is 0 Å². The minimum atomic E-state index is -0.376. The van der Waals surface area contributed by atoms with Crippen LogP contribution in [0.3, 0.4) is 0 Å². The molecule has 2 rings (SSSR count). The molecule has 0 spiro atoms. The number of rotatable bonds is 6. The van der Waals surface area contributed by atoms with Crippen LogP contribution in [0.1, 0.15) is 22.0 Å². The molecular weight excluding hydrogens is 302 g/mol. The lowest BCUT2D eigenvalue weighted by Crippen LogP contribution is -2.29. The smallest absolute Gasteiger partial charge is 0.251 e. The lowest BCUT2D eigenvalue weighted by molar-refractivity contribution is 0.0940. The molecule has 0 bridgehead atoms. The summed E-state index contributed by atoms with van der Waals surface area (Å²) in [7, 11) is 3.17. The molecule has 2 aromatic carbocycles. The lowest BCUT2D eigenvalue weighted by atomic mass is 10.1. The van der Waals surface area contributed by atoms with Gasteiger partial charge in [0.15, 0.2) is 0 Å². The summed E-state index contributed by atoms with van der Waals surface area (Å²) >= 11 is 6.05. The maximum atomic E-state index is 12.3. The molecule has 0 radical (unpaired) electrons. The molecular formula is C17H18ClNO3. The van der Waals surface area contributed by atoms with Crippen LogP contribution in [0.25, 0.3) is 0 Å². The first kappa shape index (κ1) is 16.2. The van der Waals surface area contributed by atoms with Crippen molar-refractivity contribution in [2.24, 2.45) is 0 Å². The Morgan fingerprint density at radius 2 is 1.86 bits per heavy atom. The van der Waals surface area contributed by atoms with E-state index in [-0.39, 0.29) is 17.8 Å². The molecule has 0 saturated heterocycles. The Hall–Kier alpha value is -2.20. The van der Waals surface area contributed by atoms with Gasteiger partial charge in [-0.25, -0.2) is 0 Å². The predicted molar refractivity (Wildman–Crippen MR) is 86.9 cm³/mol. The molecule has 1 atom stereocenters. The molecule has 4 nitrogen and oxygen atoms in total. The van der Waals surface area contributed by atoms with Gasteiger partial charge >= 0.3 is 0 Å². The molecule has 0 aliphatic rings. The summed E-state index contributed by atoms with van der Waals surface area (Å²) in [6.45, 7) is 0. The minimum absolute atomic E-state index is 0.184. The van der Waals surface area contributed by atoms with Crippen LogP contribution in [0, 0.1) is 0 Å². The molecule has 1 unspecified atom stereocenters. The number of nitrogens with one attached hydrogen (secondary N) is 1. The van der Waals surface area contributed by atoms with Crippen LogP contribution >= 0.6 is 11.6 Å². The van der Waals surface area contributed by atoms with Crippen molar-refractivity contribution in [2.75, 3.05) is 20.1 Å². The standard InChI is InChI=1S/C17H18ClNO3/c1-21-13-8-9-16(22-2)14(10-13)15(11-18)19-17(20)12-6-4-3-5-7-12/h3-10,15H,11H2,1-2H3,(H,19,20). The van der Waals surface area contributed by atoms with Gasteiger partial charge in [-0.1, -0.05) is 18.2 Å². The topological polar surface area (TPSA) is 47.6 Å². The molecule has 22 heavy (non-hydrogen) atoms. The highest BCUT2D eigenvalue weighted by atomic mass is 35.5. The first-order chi connectivity index (χ1) is 10.7. The number of benzene rings is 2. The van der Waals surface area contributed by atoms with Crippen LogP contribution in [0.4, 0.5) is 0 Å². The first-order valence-corrected chi connectivity index (χ1v) is 7.36. The van der Waals surface area contributed by atoms with Crippen LogP contribution < -0.4 is 14.8 Å². The summed E-state index contributed by atoms with van der Waals surface area (Å²) < 4.78 is 10.6. The molecule has 0 saturated carbocycles. The number of ether oxygens (including phenoxy) is 2. The second kappa shape index (κ2) is 7.71. The highest BCUT2D eigenvalue weighted by Gasteiger charge is 2.19. The molecule has 2 aromatic rings. The van der Waals surface area contributed by atoms with Crippen molar-refractivity contribution < 1.29 is 14.3 Å². The van der Waals surface area contributed by atoms with Gasteiger partial charge in [-0.15, -0.1) is 11.6 Å². The van der Waals surface area contributed by atoms with Crippen molar-refractivity contribution in [2.45, 2.75) is 6.04 Å². The molecule has 1 N–H and O–H groups in total. The van der Waals surface area contributed by atoms with E-state index in [0.717, 1.165) is 5.56 Å². The SMILES string of the molecule is COc1ccc(OC)c(C(CCl)NC(=O)c2ccccc2)c1. The summed E-state index contributed by atoms with van der Waals surface area (Å²) in [5.74, 6) is 1.37. The molecule has 0 aliphatic heterocycles. The fourth-order valence-corrected chi connectivity index (χ4v) is 2.39. The average molecular weight is 320 g/mol. The van der Waals surface area contributed by atoms with Gasteiger partial charge in [0.1, 0.15) is 11.5 Å². The zero-order chi connectivity index (χ0) is 15.9. The molecule has 1 amide bonds. The molecule has 0 aromatic heterocycles. The second-order valence-corrected chi connectivity index (χ2v) is 4.96. The zero-order valence-electron chi connectivity index (χ0n) is 12.5. The van der Waals surface area contributed by atoms with E-state index in [1.807, 2.05) is 24.3 Å². The van der Waals surface area contributed by atoms with E-state index in [9.17, 15) is 4.79 Å². The third kappa shape index (κ3) is 3.71. The van der Waals surface area contributed by atoms with Crippen LogP contribution in [0.5, 0.6) is 11.5 Å². The monoisotopic (exact) mass is 319 g/mol. The normalized spacial score (nSPS) is 11.6. The largest absolute Gasteiger partial charge is 0.497 e. The van der Waals surface area contributed by atoms with E-state index in [0.29, 0.717) is 17.1 Å². The fraction of sp³-hybridized carbons (Fsp3) is 0.235. The number of methoxy groups -OCH3 is 2. The van der Waals surface area contributed by atoms with Gasteiger partial charge in [-0.05, 0) is 30.3 Å². The summed E-state index contributed by atoms with van der Waals surface area (Å²) in [6, 6.07) is 14.0. The van der Waals surface area contributed by atoms with Gasteiger partial charge < -0.3 is 14.8 Å². The Morgan fingerprint density at radius 3 is 2.45 bits per heavy atom. The Labute approximate surface area is 135 Å². The van der Waals surface area contributed by atoms with Crippen molar-refractivity contribution in [1.82, 2.24) is 5.32 Å². The number of hydrogen-bond acceptors (Lipinski definition) is 3. The van der Waals surface area contributed by atoms with Gasteiger partial charge in [-0.3, -0.25) is 4.79 Å². The first-order valence-electron chi connectivity index (χ1n) is 6.83. The van der Waals surface area contributed by atoms with Crippen LogP contribution in [-0.4, -0.2) is 26.0 Å². The summed E-state index contributed by atoms with van der Waals surface area (Å²) in [4.78, 5) is 12.3. The second-order valence-electron chi connectivity index (χ2n) is 4.65. The lowest BCUT2D eigenvalue weighted by Gasteiger charge is -2.20. The number of halogens is 1. The zero-order valence-corrected chi connectivity index (χ0v) is 13.3. The van der Waals surface area contributed by atoms with Gasteiger partial charge in [0.2, 0.25) is 0 Å². The van der Waals surface area contributed by atoms with Gasteiger partial charge in [-0.2, -0.15) is 0 Å². The van der Waals surface area contributed by atoms with E-state index in [4.69, 9.17) is 21.1 Å². The van der Waals surface area contributed by atoms with Gasteiger partial charge in [0.25, 0.3) is 5.91 Å². The van der Waals surface area contributed by atoms with Crippen molar-refractivity contribution in [3.8, 4) is 11.5 Å². The third-order valence-electron chi connectivity index (χ3n) is 3.31. The Bertz CT molecular complexity index is 631. The molecule has 5 heteroatoms. The molecule has 0 heterocycles. The number of alkyl halides is 1. The number of amides is 1. The molecule has 0 aliphatic carbocycles. The summed E-state index contributed by atoms with van der Waals surface area (Å²) in [5, 5.41) is 2.92. The highest BCUT2D eigenvalue weighted by molar-refractivity contribution is 6.18. The van der Waals surface area contributed by atoms with Gasteiger partial charge in [0.05, 0.1) is 20.3 Å². The quantitative estimate of drug-likeness (QED) is 0.830. The molecule has 116 valence electrons. The van der Waals surface area contributed by atoms with E-state index < -0.39 is 0 Å². The van der Waals surface area contributed by atoms with E-state index in [2.05, 4.69) is 5.32 Å². The maximum absolute atomic E-state index is 12.3. The Balaban J connectivity index is 2.26. The van der Waals surface area contributed by atoms with Crippen LogP contribution in [0.15, 0.2) is 48.5 Å². The third-order valence-corrected chi connectivity index (χ3v) is 3.62. The van der Waals surface area contributed by atoms with Crippen molar-refractivity contribution >= 4 is 17.5 Å². The summed E-state index contributed by atoms with van der Waals surface area (Å²) in [6.07, 6.45) is 0. The Kier molecular flexibility index (Phi) is 5.67.